The number of benzene rings is 10. The third kappa shape index (κ3) is 5.66. The lowest BCUT2D eigenvalue weighted by Gasteiger charge is -2.41. The Balaban J connectivity index is 1.05. The number of furan rings is 1. The monoisotopic (exact) mass is 955 g/mol. The standard InChI is InChI=1S/C70H53NOS/c1-67(2,3)42-30-36-64-60(38-42)70(61-39-43(68(4,5)6)31-37-65(61)73-64)57-27-15-10-21-49(57)51-35-33-45(41-59(51)70)71(62-28-17-23-53-52-22-11-16-29-63(52)72-66(53)62)44-32-34-50-48-20-9-14-26-56(48)69(58(50)40-44)54-24-12-7-18-46(54)47-19-8-13-25-55(47)69/h7-41H,1-6H3. The van der Waals surface area contributed by atoms with E-state index < -0.39 is 10.8 Å². The quantitative estimate of drug-likeness (QED) is 0.176. The van der Waals surface area contributed by atoms with Crippen molar-refractivity contribution in [3.8, 4) is 33.4 Å². The first-order chi connectivity index (χ1) is 35.5. The molecule has 2 heterocycles. The highest BCUT2D eigenvalue weighted by atomic mass is 32.2. The van der Waals surface area contributed by atoms with Crippen LogP contribution in [0, 0.1) is 0 Å². The fourth-order valence-corrected chi connectivity index (χ4v) is 14.7. The fourth-order valence-electron chi connectivity index (χ4n) is 13.6. The zero-order chi connectivity index (χ0) is 49.2. The van der Waals surface area contributed by atoms with Gasteiger partial charge in [0.2, 0.25) is 0 Å². The van der Waals surface area contributed by atoms with E-state index in [4.69, 9.17) is 4.42 Å². The van der Waals surface area contributed by atoms with Crippen LogP contribution in [0.2, 0.25) is 0 Å². The van der Waals surface area contributed by atoms with Gasteiger partial charge in [0.1, 0.15) is 5.58 Å². The molecule has 1 aliphatic heterocycles. The van der Waals surface area contributed by atoms with Crippen molar-refractivity contribution in [1.29, 1.82) is 0 Å². The molecule has 350 valence electrons. The van der Waals surface area contributed by atoms with Crippen LogP contribution in [0.1, 0.15) is 97.2 Å². The van der Waals surface area contributed by atoms with Gasteiger partial charge >= 0.3 is 0 Å². The molecule has 15 rings (SSSR count). The molecule has 11 aromatic rings. The van der Waals surface area contributed by atoms with Crippen LogP contribution in [-0.4, -0.2) is 0 Å². The van der Waals surface area contributed by atoms with Crippen LogP contribution in [0.15, 0.2) is 227 Å². The van der Waals surface area contributed by atoms with E-state index in [1.54, 1.807) is 0 Å². The third-order valence-electron chi connectivity index (χ3n) is 16.9. The second kappa shape index (κ2) is 14.9. The highest BCUT2D eigenvalue weighted by Gasteiger charge is 2.53. The first-order valence-electron chi connectivity index (χ1n) is 25.8. The van der Waals surface area contributed by atoms with Crippen molar-refractivity contribution in [2.75, 3.05) is 4.90 Å². The van der Waals surface area contributed by atoms with Crippen LogP contribution < -0.4 is 4.90 Å². The van der Waals surface area contributed by atoms with Crippen molar-refractivity contribution < 1.29 is 4.42 Å². The first kappa shape index (κ1) is 42.8. The summed E-state index contributed by atoms with van der Waals surface area (Å²) in [5.41, 5.74) is 24.7. The summed E-state index contributed by atoms with van der Waals surface area (Å²) in [6.07, 6.45) is 0. The molecule has 10 aromatic carbocycles. The van der Waals surface area contributed by atoms with Crippen LogP contribution in [-0.2, 0) is 21.7 Å². The molecule has 0 saturated heterocycles. The Labute approximate surface area is 432 Å². The Kier molecular flexibility index (Phi) is 8.72. The summed E-state index contributed by atoms with van der Waals surface area (Å²) in [6, 6.07) is 80.9. The molecule has 0 fully saturated rings. The maximum Gasteiger partial charge on any atom is 0.159 e. The van der Waals surface area contributed by atoms with Crippen molar-refractivity contribution in [3.63, 3.8) is 0 Å². The predicted octanol–water partition coefficient (Wildman–Crippen LogP) is 18.8. The molecule has 0 amide bonds. The van der Waals surface area contributed by atoms with Gasteiger partial charge in [-0.1, -0.05) is 217 Å². The van der Waals surface area contributed by atoms with Gasteiger partial charge in [-0.2, -0.15) is 0 Å². The van der Waals surface area contributed by atoms with Crippen molar-refractivity contribution in [2.45, 2.75) is 73.0 Å². The smallest absolute Gasteiger partial charge is 0.159 e. The van der Waals surface area contributed by atoms with Crippen LogP contribution in [0.25, 0.3) is 55.3 Å². The van der Waals surface area contributed by atoms with Crippen molar-refractivity contribution in [2.24, 2.45) is 0 Å². The van der Waals surface area contributed by atoms with Crippen LogP contribution in [0.3, 0.4) is 0 Å². The van der Waals surface area contributed by atoms with Crippen LogP contribution >= 0.6 is 11.8 Å². The third-order valence-corrected chi connectivity index (χ3v) is 18.0. The average molecular weight is 956 g/mol. The number of nitrogens with zero attached hydrogens (tertiary/aromatic N) is 1. The van der Waals surface area contributed by atoms with Crippen LogP contribution in [0.5, 0.6) is 0 Å². The minimum absolute atomic E-state index is 0.0514. The molecule has 0 N–H and O–H groups in total. The van der Waals surface area contributed by atoms with Gasteiger partial charge in [0.15, 0.2) is 5.58 Å². The summed E-state index contributed by atoms with van der Waals surface area (Å²) in [5, 5.41) is 2.21. The summed E-state index contributed by atoms with van der Waals surface area (Å²) in [6.45, 7) is 14.1. The lowest BCUT2D eigenvalue weighted by molar-refractivity contribution is 0.581. The van der Waals surface area contributed by atoms with E-state index in [2.05, 4.69) is 259 Å². The topological polar surface area (TPSA) is 16.4 Å². The molecule has 2 spiro atoms. The number of fused-ring (bicyclic) bond motifs is 22. The highest BCUT2D eigenvalue weighted by molar-refractivity contribution is 7.99. The molecule has 0 atom stereocenters. The van der Waals surface area contributed by atoms with Crippen LogP contribution in [0.4, 0.5) is 17.1 Å². The number of hydrogen-bond donors (Lipinski definition) is 0. The molecule has 1 aromatic heterocycles. The Morgan fingerprint density at radius 2 is 0.767 bits per heavy atom. The molecule has 3 heteroatoms. The number of para-hydroxylation sites is 2. The number of anilines is 3. The van der Waals surface area contributed by atoms with E-state index in [9.17, 15) is 0 Å². The normalized spacial score (nSPS) is 14.9. The van der Waals surface area contributed by atoms with Crippen molar-refractivity contribution in [1.82, 2.24) is 0 Å². The molecule has 73 heavy (non-hydrogen) atoms. The Hall–Kier alpha value is -7.85. The molecule has 4 aliphatic rings. The Morgan fingerprint density at radius 3 is 1.25 bits per heavy atom. The minimum Gasteiger partial charge on any atom is -0.454 e. The molecule has 3 aliphatic carbocycles. The van der Waals surface area contributed by atoms with Gasteiger partial charge in [-0.15, -0.1) is 0 Å². The van der Waals surface area contributed by atoms with Gasteiger partial charge in [-0.05, 0) is 148 Å². The van der Waals surface area contributed by atoms with Gasteiger partial charge in [-0.25, -0.2) is 0 Å². The lowest BCUT2D eigenvalue weighted by Crippen LogP contribution is -2.33. The van der Waals surface area contributed by atoms with E-state index in [1.165, 1.54) is 98.8 Å². The minimum atomic E-state index is -0.599. The van der Waals surface area contributed by atoms with Crippen molar-refractivity contribution >= 4 is 50.8 Å². The van der Waals surface area contributed by atoms with E-state index in [0.29, 0.717) is 0 Å². The highest BCUT2D eigenvalue weighted by Crippen LogP contribution is 2.66. The maximum absolute atomic E-state index is 7.03. The molecule has 0 saturated carbocycles. The molecule has 0 unspecified atom stereocenters. The van der Waals surface area contributed by atoms with Gasteiger partial charge in [-0.3, -0.25) is 0 Å². The summed E-state index contributed by atoms with van der Waals surface area (Å²) in [5.74, 6) is 0. The molecule has 0 bridgehead atoms. The van der Waals surface area contributed by atoms with E-state index >= 15 is 0 Å². The summed E-state index contributed by atoms with van der Waals surface area (Å²) in [7, 11) is 0. The number of hydrogen-bond acceptors (Lipinski definition) is 3. The summed E-state index contributed by atoms with van der Waals surface area (Å²) >= 11 is 1.92. The first-order valence-corrected chi connectivity index (χ1v) is 26.6. The maximum atomic E-state index is 7.03. The van der Waals surface area contributed by atoms with Gasteiger partial charge in [0, 0.05) is 31.9 Å². The molecular weight excluding hydrogens is 903 g/mol. The van der Waals surface area contributed by atoms with Crippen molar-refractivity contribution in [3.05, 3.63) is 268 Å². The molecular formula is C70H53NOS. The zero-order valence-electron chi connectivity index (χ0n) is 42.0. The summed E-state index contributed by atoms with van der Waals surface area (Å²) < 4.78 is 7.03. The van der Waals surface area contributed by atoms with E-state index in [1.807, 2.05) is 11.8 Å². The SMILES string of the molecule is CC(C)(C)c1ccc2c(c1)C1(c3cc(C(C)(C)C)ccc3S2)c2ccccc2-c2ccc(N(c3ccc4c(c3)C3(c5ccccc5-c5ccccc53)c3ccccc3-4)c3cccc4c3oc3ccccc34)cc21. The molecule has 0 radical (unpaired) electrons. The molecule has 2 nitrogen and oxygen atoms in total. The van der Waals surface area contributed by atoms with E-state index in [0.717, 1.165) is 39.0 Å². The fraction of sp³-hybridized carbons (Fsp3) is 0.143. The zero-order valence-corrected chi connectivity index (χ0v) is 42.8. The van der Waals surface area contributed by atoms with Gasteiger partial charge in [0.25, 0.3) is 0 Å². The summed E-state index contributed by atoms with van der Waals surface area (Å²) in [4.78, 5) is 5.12. The largest absolute Gasteiger partial charge is 0.454 e. The average Bonchev–Trinajstić information content (AvgIpc) is 4.11. The van der Waals surface area contributed by atoms with Gasteiger partial charge in [0.05, 0.1) is 16.5 Å². The predicted molar refractivity (Wildman–Crippen MR) is 304 cm³/mol. The van der Waals surface area contributed by atoms with Gasteiger partial charge < -0.3 is 9.32 Å². The second-order valence-electron chi connectivity index (χ2n) is 22.8. The Bertz CT molecular complexity index is 4050. The number of rotatable bonds is 3. The van der Waals surface area contributed by atoms with E-state index in [-0.39, 0.29) is 10.8 Å². The lowest BCUT2D eigenvalue weighted by atomic mass is 9.65. The Morgan fingerprint density at radius 1 is 0.356 bits per heavy atom. The second-order valence-corrected chi connectivity index (χ2v) is 23.8.